The van der Waals surface area contributed by atoms with E-state index >= 15 is 0 Å². The molecule has 178 valence electrons. The minimum absolute atomic E-state index is 0.0690. The van der Waals surface area contributed by atoms with Crippen LogP contribution in [0, 0.1) is 6.92 Å². The Balaban J connectivity index is 1.37. The molecule has 3 aromatic carbocycles. The highest BCUT2D eigenvalue weighted by molar-refractivity contribution is 6.06. The number of fused-ring (bicyclic) bond motifs is 2. The lowest BCUT2D eigenvalue weighted by Gasteiger charge is -2.18. The Bertz CT molecular complexity index is 1440. The van der Waals surface area contributed by atoms with Crippen molar-refractivity contribution in [1.82, 2.24) is 4.98 Å². The maximum Gasteiger partial charge on any atom is 0.303 e. The fourth-order valence-electron chi connectivity index (χ4n) is 4.83. The molecule has 1 unspecified atom stereocenters. The number of benzene rings is 3. The Morgan fingerprint density at radius 3 is 2.66 bits per heavy atom. The zero-order chi connectivity index (χ0) is 24.5. The number of nitrogens with zero attached hydrogens (tertiary/aromatic N) is 1. The van der Waals surface area contributed by atoms with Gasteiger partial charge >= 0.3 is 5.97 Å². The number of carbonyl (C=O) groups is 2. The number of aromatic nitrogens is 1. The summed E-state index contributed by atoms with van der Waals surface area (Å²) < 4.78 is 5.87. The molecule has 0 radical (unpaired) electrons. The topological polar surface area (TPSA) is 104 Å². The molecule has 1 aliphatic rings. The van der Waals surface area contributed by atoms with Gasteiger partial charge in [0.15, 0.2) is 5.58 Å². The van der Waals surface area contributed by atoms with Gasteiger partial charge in [-0.3, -0.25) is 9.59 Å². The number of nitrogens with one attached hydrogen (secondary N) is 2. The predicted octanol–water partition coefficient (Wildman–Crippen LogP) is 6.20. The van der Waals surface area contributed by atoms with Gasteiger partial charge in [0.2, 0.25) is 0 Å². The molecule has 1 heterocycles. The lowest BCUT2D eigenvalue weighted by Crippen LogP contribution is -2.14. The smallest absolute Gasteiger partial charge is 0.303 e. The number of carbonyl (C=O) groups excluding carboxylic acids is 1. The monoisotopic (exact) mass is 469 g/mol. The van der Waals surface area contributed by atoms with E-state index in [0.717, 1.165) is 47.3 Å². The van der Waals surface area contributed by atoms with Crippen LogP contribution in [0.25, 0.3) is 11.1 Å². The number of hydrogen-bond acceptors (Lipinski definition) is 5. The van der Waals surface area contributed by atoms with E-state index in [2.05, 4.69) is 15.6 Å². The lowest BCUT2D eigenvalue weighted by atomic mass is 9.90. The minimum Gasteiger partial charge on any atom is -0.481 e. The van der Waals surface area contributed by atoms with Gasteiger partial charge in [-0.2, -0.15) is 4.98 Å². The SMILES string of the molecule is Cc1ccccc1Nc1nc2ccc(C(=O)Nc3ccc(C(C)CC(=O)O)c4c3CCC4)cc2o1. The molecule has 1 aliphatic carbocycles. The number of aliphatic carboxylic acids is 1. The van der Waals surface area contributed by atoms with Crippen LogP contribution in [-0.2, 0) is 17.6 Å². The zero-order valence-corrected chi connectivity index (χ0v) is 19.7. The molecule has 7 heteroatoms. The van der Waals surface area contributed by atoms with E-state index in [-0.39, 0.29) is 18.2 Å². The highest BCUT2D eigenvalue weighted by Crippen LogP contribution is 2.36. The van der Waals surface area contributed by atoms with E-state index in [9.17, 15) is 14.7 Å². The van der Waals surface area contributed by atoms with Gasteiger partial charge in [-0.05, 0) is 84.7 Å². The van der Waals surface area contributed by atoms with Gasteiger partial charge in [-0.15, -0.1) is 0 Å². The molecular weight excluding hydrogens is 442 g/mol. The van der Waals surface area contributed by atoms with Crippen LogP contribution >= 0.6 is 0 Å². The van der Waals surface area contributed by atoms with Gasteiger partial charge < -0.3 is 20.2 Å². The summed E-state index contributed by atoms with van der Waals surface area (Å²) in [5.74, 6) is -1.10. The van der Waals surface area contributed by atoms with Gasteiger partial charge in [0.1, 0.15) is 5.52 Å². The fourth-order valence-corrected chi connectivity index (χ4v) is 4.83. The number of para-hydroxylation sites is 1. The number of rotatable bonds is 7. The molecule has 1 aromatic heterocycles. The van der Waals surface area contributed by atoms with Crippen LogP contribution in [0.1, 0.15) is 58.3 Å². The average Bonchev–Trinajstić information content (AvgIpc) is 3.47. The molecule has 0 spiro atoms. The summed E-state index contributed by atoms with van der Waals surface area (Å²) in [6.45, 7) is 3.94. The van der Waals surface area contributed by atoms with Gasteiger partial charge in [0.25, 0.3) is 11.9 Å². The maximum atomic E-state index is 13.1. The summed E-state index contributed by atoms with van der Waals surface area (Å²) in [5, 5.41) is 15.4. The predicted molar refractivity (Wildman–Crippen MR) is 136 cm³/mol. The van der Waals surface area contributed by atoms with E-state index in [1.54, 1.807) is 18.2 Å². The first-order valence-electron chi connectivity index (χ1n) is 11.8. The normalized spacial score (nSPS) is 13.4. The van der Waals surface area contributed by atoms with Crippen molar-refractivity contribution in [3.63, 3.8) is 0 Å². The van der Waals surface area contributed by atoms with Crippen molar-refractivity contribution in [2.75, 3.05) is 10.6 Å². The molecule has 1 amide bonds. The van der Waals surface area contributed by atoms with Crippen molar-refractivity contribution in [2.24, 2.45) is 0 Å². The van der Waals surface area contributed by atoms with Crippen LogP contribution in [0.15, 0.2) is 59.0 Å². The largest absolute Gasteiger partial charge is 0.481 e. The first-order chi connectivity index (χ1) is 16.9. The number of carboxylic acid groups (broad SMARTS) is 1. The quantitative estimate of drug-likeness (QED) is 0.298. The second kappa shape index (κ2) is 9.25. The van der Waals surface area contributed by atoms with Crippen LogP contribution in [0.4, 0.5) is 17.4 Å². The third kappa shape index (κ3) is 4.62. The number of amides is 1. The fraction of sp³-hybridized carbons (Fsp3) is 0.250. The third-order valence-electron chi connectivity index (χ3n) is 6.62. The summed E-state index contributed by atoms with van der Waals surface area (Å²) in [6, 6.07) is 17.3. The molecule has 35 heavy (non-hydrogen) atoms. The first-order valence-corrected chi connectivity index (χ1v) is 11.8. The molecule has 0 saturated carbocycles. The Morgan fingerprint density at radius 1 is 1.06 bits per heavy atom. The Hall–Kier alpha value is -4.13. The number of anilines is 3. The van der Waals surface area contributed by atoms with E-state index in [1.165, 1.54) is 5.56 Å². The number of oxazole rings is 1. The van der Waals surface area contributed by atoms with Gasteiger partial charge in [0.05, 0.1) is 6.42 Å². The first kappa shape index (κ1) is 22.7. The maximum absolute atomic E-state index is 13.1. The summed E-state index contributed by atoms with van der Waals surface area (Å²) in [4.78, 5) is 28.8. The van der Waals surface area contributed by atoms with Gasteiger partial charge in [0, 0.05) is 16.9 Å². The molecule has 0 aliphatic heterocycles. The lowest BCUT2D eigenvalue weighted by molar-refractivity contribution is -0.137. The molecule has 0 saturated heterocycles. The Labute approximate surface area is 203 Å². The second-order valence-electron chi connectivity index (χ2n) is 9.11. The van der Waals surface area contributed by atoms with E-state index in [4.69, 9.17) is 4.42 Å². The standard InChI is InChI=1S/C28H27N3O4/c1-16-6-3-4-9-22(16)30-28-31-24-12-10-18(15-25(24)35-28)27(34)29-23-13-11-19(17(2)14-26(32)33)20-7-5-8-21(20)23/h3-4,6,9-13,15,17H,5,7-8,14H2,1-2H3,(H,29,34)(H,30,31)(H,32,33). The number of hydrogen-bond donors (Lipinski definition) is 3. The summed E-state index contributed by atoms with van der Waals surface area (Å²) in [5.41, 5.74) is 7.78. The van der Waals surface area contributed by atoms with Crippen LogP contribution < -0.4 is 10.6 Å². The molecule has 1 atom stereocenters. The molecule has 5 rings (SSSR count). The van der Waals surface area contributed by atoms with E-state index in [0.29, 0.717) is 22.7 Å². The van der Waals surface area contributed by atoms with Crippen molar-refractivity contribution in [3.05, 3.63) is 82.4 Å². The molecule has 0 bridgehead atoms. The van der Waals surface area contributed by atoms with Crippen molar-refractivity contribution < 1.29 is 19.1 Å². The summed E-state index contributed by atoms with van der Waals surface area (Å²) >= 11 is 0. The van der Waals surface area contributed by atoms with Gasteiger partial charge in [-0.25, -0.2) is 0 Å². The van der Waals surface area contributed by atoms with Crippen LogP contribution in [0.3, 0.4) is 0 Å². The summed E-state index contributed by atoms with van der Waals surface area (Å²) in [6.07, 6.45) is 2.86. The highest BCUT2D eigenvalue weighted by atomic mass is 16.4. The van der Waals surface area contributed by atoms with Crippen molar-refractivity contribution in [1.29, 1.82) is 0 Å². The Kier molecular flexibility index (Phi) is 5.99. The van der Waals surface area contributed by atoms with Crippen molar-refractivity contribution >= 4 is 40.4 Å². The highest BCUT2D eigenvalue weighted by Gasteiger charge is 2.23. The van der Waals surface area contributed by atoms with E-state index in [1.807, 2.05) is 50.2 Å². The molecule has 0 fully saturated rings. The molecule has 4 aromatic rings. The summed E-state index contributed by atoms with van der Waals surface area (Å²) in [7, 11) is 0. The number of carboxylic acids is 1. The molecular formula is C28H27N3O4. The third-order valence-corrected chi connectivity index (χ3v) is 6.62. The van der Waals surface area contributed by atoms with Crippen LogP contribution in [0.2, 0.25) is 0 Å². The van der Waals surface area contributed by atoms with Crippen LogP contribution in [0.5, 0.6) is 0 Å². The van der Waals surface area contributed by atoms with Crippen molar-refractivity contribution in [2.45, 2.75) is 45.4 Å². The van der Waals surface area contributed by atoms with Crippen LogP contribution in [-0.4, -0.2) is 22.0 Å². The van der Waals surface area contributed by atoms with E-state index < -0.39 is 5.97 Å². The average molecular weight is 470 g/mol. The number of aryl methyl sites for hydroxylation is 1. The van der Waals surface area contributed by atoms with Crippen molar-refractivity contribution in [3.8, 4) is 0 Å². The minimum atomic E-state index is -0.804. The molecule has 7 nitrogen and oxygen atoms in total. The molecule has 3 N–H and O–H groups in total. The Morgan fingerprint density at radius 2 is 1.86 bits per heavy atom. The second-order valence-corrected chi connectivity index (χ2v) is 9.11. The van der Waals surface area contributed by atoms with Gasteiger partial charge in [-0.1, -0.05) is 31.2 Å². The zero-order valence-electron chi connectivity index (χ0n) is 19.7.